The molecule has 1 unspecified atom stereocenters. The topological polar surface area (TPSA) is 50.4 Å². The molecule has 0 aromatic heterocycles. The molecule has 0 aliphatic carbocycles. The van der Waals surface area contributed by atoms with Crippen molar-refractivity contribution in [2.24, 2.45) is 0 Å². The van der Waals surface area contributed by atoms with Crippen LogP contribution in [0.25, 0.3) is 0 Å². The number of carbonyl (C=O) groups excluding carboxylic acids is 1. The highest BCUT2D eigenvalue weighted by atomic mass is 16.5. The second-order valence-electron chi connectivity index (χ2n) is 5.31. The number of carbonyl (C=O) groups is 1. The smallest absolute Gasteiger partial charge is 0.242 e. The maximum absolute atomic E-state index is 11.9. The number of benzene rings is 1. The predicted octanol–water partition coefficient (Wildman–Crippen LogP) is 2.41. The van der Waals surface area contributed by atoms with Gasteiger partial charge in [0.05, 0.1) is 12.8 Å². The fourth-order valence-corrected chi connectivity index (χ4v) is 1.54. The highest BCUT2D eigenvalue weighted by molar-refractivity contribution is 5.85. The number of rotatable bonds is 4. The Balaban J connectivity index is 2.69. The van der Waals surface area contributed by atoms with E-state index >= 15 is 0 Å². The zero-order chi connectivity index (χ0) is 13.8. The molecule has 0 heterocycles. The monoisotopic (exact) mass is 250 g/mol. The summed E-state index contributed by atoms with van der Waals surface area (Å²) in [4.78, 5) is 11.9. The van der Waals surface area contributed by atoms with Gasteiger partial charge < -0.3 is 15.4 Å². The second kappa shape index (κ2) is 5.76. The van der Waals surface area contributed by atoms with Gasteiger partial charge in [0.15, 0.2) is 0 Å². The first-order chi connectivity index (χ1) is 8.33. The third kappa shape index (κ3) is 4.28. The Kier molecular flexibility index (Phi) is 4.59. The third-order valence-corrected chi connectivity index (χ3v) is 2.37. The summed E-state index contributed by atoms with van der Waals surface area (Å²) in [6.45, 7) is 7.70. The van der Waals surface area contributed by atoms with Gasteiger partial charge in [-0.2, -0.15) is 0 Å². The van der Waals surface area contributed by atoms with Crippen molar-refractivity contribution in [1.29, 1.82) is 0 Å². The fourth-order valence-electron chi connectivity index (χ4n) is 1.54. The summed E-state index contributed by atoms with van der Waals surface area (Å²) in [6.07, 6.45) is 0. The van der Waals surface area contributed by atoms with Crippen molar-refractivity contribution < 1.29 is 9.53 Å². The summed E-state index contributed by atoms with van der Waals surface area (Å²) in [5.74, 6) is 0.696. The molecular formula is C14H22N2O2. The van der Waals surface area contributed by atoms with Gasteiger partial charge in [0.1, 0.15) is 11.8 Å². The third-order valence-electron chi connectivity index (χ3n) is 2.37. The Labute approximate surface area is 109 Å². The van der Waals surface area contributed by atoms with Gasteiger partial charge >= 0.3 is 0 Å². The highest BCUT2D eigenvalue weighted by Crippen LogP contribution is 2.23. The minimum Gasteiger partial charge on any atom is -0.495 e. The Morgan fingerprint density at radius 1 is 1.28 bits per heavy atom. The van der Waals surface area contributed by atoms with Crippen LogP contribution in [-0.4, -0.2) is 24.6 Å². The van der Waals surface area contributed by atoms with Gasteiger partial charge in [-0.05, 0) is 39.8 Å². The molecule has 0 spiro atoms. The molecule has 0 aliphatic heterocycles. The lowest BCUT2D eigenvalue weighted by molar-refractivity contribution is -0.122. The number of anilines is 1. The SMILES string of the molecule is COc1ccccc1NC(C)C(=O)NC(C)(C)C. The normalized spacial score (nSPS) is 12.7. The Hall–Kier alpha value is -1.71. The van der Waals surface area contributed by atoms with Crippen LogP contribution in [0.15, 0.2) is 24.3 Å². The molecule has 100 valence electrons. The largest absolute Gasteiger partial charge is 0.495 e. The zero-order valence-electron chi connectivity index (χ0n) is 11.7. The van der Waals surface area contributed by atoms with Crippen LogP contribution in [-0.2, 0) is 4.79 Å². The Morgan fingerprint density at radius 3 is 2.44 bits per heavy atom. The molecule has 0 saturated carbocycles. The Bertz CT molecular complexity index is 411. The molecule has 18 heavy (non-hydrogen) atoms. The van der Waals surface area contributed by atoms with Crippen molar-refractivity contribution in [3.63, 3.8) is 0 Å². The van der Waals surface area contributed by atoms with Gasteiger partial charge in [-0.15, -0.1) is 0 Å². The van der Waals surface area contributed by atoms with Crippen molar-refractivity contribution in [2.75, 3.05) is 12.4 Å². The summed E-state index contributed by atoms with van der Waals surface area (Å²) in [6, 6.07) is 7.22. The average Bonchev–Trinajstić information content (AvgIpc) is 2.27. The molecule has 4 heteroatoms. The van der Waals surface area contributed by atoms with E-state index in [0.29, 0.717) is 0 Å². The predicted molar refractivity (Wildman–Crippen MR) is 74.0 cm³/mol. The van der Waals surface area contributed by atoms with Gasteiger partial charge in [0.2, 0.25) is 5.91 Å². The van der Waals surface area contributed by atoms with E-state index in [9.17, 15) is 4.79 Å². The average molecular weight is 250 g/mol. The van der Waals surface area contributed by atoms with Crippen molar-refractivity contribution in [2.45, 2.75) is 39.3 Å². The van der Waals surface area contributed by atoms with Crippen LogP contribution in [0.5, 0.6) is 5.75 Å². The van der Waals surface area contributed by atoms with E-state index in [2.05, 4.69) is 10.6 Å². The minimum absolute atomic E-state index is 0.0339. The van der Waals surface area contributed by atoms with E-state index in [1.54, 1.807) is 7.11 Å². The molecule has 1 aromatic carbocycles. The summed E-state index contributed by atoms with van der Waals surface area (Å²) < 4.78 is 5.23. The summed E-state index contributed by atoms with van der Waals surface area (Å²) in [7, 11) is 1.61. The summed E-state index contributed by atoms with van der Waals surface area (Å²) >= 11 is 0. The molecule has 1 atom stereocenters. The molecule has 0 aliphatic rings. The van der Waals surface area contributed by atoms with E-state index in [-0.39, 0.29) is 17.5 Å². The molecule has 0 radical (unpaired) electrons. The van der Waals surface area contributed by atoms with Crippen molar-refractivity contribution in [1.82, 2.24) is 5.32 Å². The number of methoxy groups -OCH3 is 1. The van der Waals surface area contributed by atoms with Crippen molar-refractivity contribution in [3.05, 3.63) is 24.3 Å². The maximum atomic E-state index is 11.9. The van der Waals surface area contributed by atoms with Gasteiger partial charge in [-0.3, -0.25) is 4.79 Å². The molecule has 2 N–H and O–H groups in total. The molecule has 1 aromatic rings. The number of ether oxygens (including phenoxy) is 1. The van der Waals surface area contributed by atoms with Crippen LogP contribution < -0.4 is 15.4 Å². The van der Waals surface area contributed by atoms with Crippen LogP contribution >= 0.6 is 0 Å². The molecule has 0 fully saturated rings. The van der Waals surface area contributed by atoms with Crippen LogP contribution in [0.4, 0.5) is 5.69 Å². The molecule has 1 rings (SSSR count). The van der Waals surface area contributed by atoms with E-state index < -0.39 is 0 Å². The highest BCUT2D eigenvalue weighted by Gasteiger charge is 2.19. The number of hydrogen-bond acceptors (Lipinski definition) is 3. The fraction of sp³-hybridized carbons (Fsp3) is 0.500. The van der Waals surface area contributed by atoms with Crippen LogP contribution in [0.1, 0.15) is 27.7 Å². The Morgan fingerprint density at radius 2 is 1.89 bits per heavy atom. The van der Waals surface area contributed by atoms with Gasteiger partial charge in [-0.1, -0.05) is 12.1 Å². The number of para-hydroxylation sites is 2. The van der Waals surface area contributed by atoms with E-state index in [0.717, 1.165) is 11.4 Å². The standard InChI is InChI=1S/C14H22N2O2/c1-10(13(17)16-14(2,3)4)15-11-8-6-7-9-12(11)18-5/h6-10,15H,1-5H3,(H,16,17). The summed E-state index contributed by atoms with van der Waals surface area (Å²) in [5, 5.41) is 6.08. The minimum atomic E-state index is -0.319. The molecule has 1 amide bonds. The molecule has 0 bridgehead atoms. The lowest BCUT2D eigenvalue weighted by Crippen LogP contribution is -2.47. The van der Waals surface area contributed by atoms with Crippen molar-refractivity contribution >= 4 is 11.6 Å². The first-order valence-electron chi connectivity index (χ1n) is 6.05. The number of amides is 1. The lowest BCUT2D eigenvalue weighted by Gasteiger charge is -2.24. The maximum Gasteiger partial charge on any atom is 0.242 e. The summed E-state index contributed by atoms with van der Waals surface area (Å²) in [5.41, 5.74) is 0.588. The molecule has 4 nitrogen and oxygen atoms in total. The number of hydrogen-bond donors (Lipinski definition) is 2. The van der Waals surface area contributed by atoms with E-state index in [1.165, 1.54) is 0 Å². The second-order valence-corrected chi connectivity index (χ2v) is 5.31. The van der Waals surface area contributed by atoms with E-state index in [4.69, 9.17) is 4.74 Å². The zero-order valence-corrected chi connectivity index (χ0v) is 11.7. The van der Waals surface area contributed by atoms with Gasteiger partial charge in [0, 0.05) is 5.54 Å². The van der Waals surface area contributed by atoms with Gasteiger partial charge in [-0.25, -0.2) is 0 Å². The van der Waals surface area contributed by atoms with Crippen LogP contribution in [0.2, 0.25) is 0 Å². The first-order valence-corrected chi connectivity index (χ1v) is 6.05. The molecule has 0 saturated heterocycles. The van der Waals surface area contributed by atoms with Crippen molar-refractivity contribution in [3.8, 4) is 5.75 Å². The number of nitrogens with one attached hydrogen (secondary N) is 2. The van der Waals surface area contributed by atoms with Gasteiger partial charge in [0.25, 0.3) is 0 Å². The molecular weight excluding hydrogens is 228 g/mol. The lowest BCUT2D eigenvalue weighted by atomic mass is 10.1. The quantitative estimate of drug-likeness (QED) is 0.862. The van der Waals surface area contributed by atoms with Crippen LogP contribution in [0, 0.1) is 0 Å². The van der Waals surface area contributed by atoms with Crippen LogP contribution in [0.3, 0.4) is 0 Å². The van der Waals surface area contributed by atoms with E-state index in [1.807, 2.05) is 52.0 Å². The first kappa shape index (κ1) is 14.4.